The first-order valence-corrected chi connectivity index (χ1v) is 5.82. The zero-order valence-electron chi connectivity index (χ0n) is 9.87. The van der Waals surface area contributed by atoms with Crippen LogP contribution in [0, 0.1) is 0 Å². The van der Waals surface area contributed by atoms with Crippen LogP contribution >= 0.6 is 23.2 Å². The van der Waals surface area contributed by atoms with Crippen molar-refractivity contribution in [2.24, 2.45) is 0 Å². The number of aromatic carboxylic acids is 1. The highest BCUT2D eigenvalue weighted by atomic mass is 35.5. The maximum Gasteiger partial charge on any atom is 0.339 e. The minimum absolute atomic E-state index is 0.00540. The Kier molecular flexibility index (Phi) is 5.34. The zero-order valence-corrected chi connectivity index (χ0v) is 11.4. The summed E-state index contributed by atoms with van der Waals surface area (Å²) in [6, 6.07) is 4.85. The topological polar surface area (TPSA) is 62.2 Å². The van der Waals surface area contributed by atoms with Crippen molar-refractivity contribution in [3.05, 3.63) is 40.0 Å². The van der Waals surface area contributed by atoms with E-state index in [2.05, 4.69) is 10.3 Å². The van der Waals surface area contributed by atoms with Crippen molar-refractivity contribution in [2.75, 3.05) is 14.1 Å². The van der Waals surface area contributed by atoms with Crippen molar-refractivity contribution in [2.45, 2.75) is 0 Å². The van der Waals surface area contributed by atoms with Crippen LogP contribution in [-0.4, -0.2) is 30.2 Å². The van der Waals surface area contributed by atoms with E-state index < -0.39 is 5.97 Å². The number of rotatable bonds is 1. The Morgan fingerprint density at radius 2 is 1.94 bits per heavy atom. The predicted octanol–water partition coefficient (Wildman–Crippen LogP) is 3.08. The summed E-state index contributed by atoms with van der Waals surface area (Å²) in [6.45, 7) is 0. The van der Waals surface area contributed by atoms with E-state index in [0.717, 1.165) is 0 Å². The SMILES string of the molecule is CNC.O=C(O)c1c(Cl)ccc2cc(Cl)cnc12. The second kappa shape index (κ2) is 6.54. The van der Waals surface area contributed by atoms with Gasteiger partial charge in [0.05, 0.1) is 15.6 Å². The fourth-order valence-electron chi connectivity index (χ4n) is 1.35. The van der Waals surface area contributed by atoms with Crippen LogP contribution in [0.15, 0.2) is 24.4 Å². The molecule has 18 heavy (non-hydrogen) atoms. The first-order chi connectivity index (χ1) is 8.51. The molecule has 1 aromatic carbocycles. The number of carboxylic acid groups (broad SMARTS) is 1. The summed E-state index contributed by atoms with van der Waals surface area (Å²) in [5.74, 6) is -1.10. The molecule has 2 rings (SSSR count). The Morgan fingerprint density at radius 1 is 1.33 bits per heavy atom. The average molecular weight is 287 g/mol. The van der Waals surface area contributed by atoms with Gasteiger partial charge in [0.15, 0.2) is 0 Å². The summed E-state index contributed by atoms with van der Waals surface area (Å²) < 4.78 is 0. The van der Waals surface area contributed by atoms with Gasteiger partial charge in [0.25, 0.3) is 0 Å². The highest BCUT2D eigenvalue weighted by Crippen LogP contribution is 2.26. The molecule has 0 aliphatic rings. The third-order valence-corrected chi connectivity index (χ3v) is 2.50. The van der Waals surface area contributed by atoms with Gasteiger partial charge in [0.1, 0.15) is 5.56 Å². The summed E-state index contributed by atoms with van der Waals surface area (Å²) >= 11 is 11.5. The van der Waals surface area contributed by atoms with Crippen LogP contribution in [0.25, 0.3) is 10.9 Å². The maximum atomic E-state index is 11.0. The molecule has 4 nitrogen and oxygen atoms in total. The van der Waals surface area contributed by atoms with Gasteiger partial charge in [-0.1, -0.05) is 29.3 Å². The first-order valence-electron chi connectivity index (χ1n) is 5.06. The van der Waals surface area contributed by atoms with E-state index in [1.54, 1.807) is 12.1 Å². The van der Waals surface area contributed by atoms with E-state index in [1.165, 1.54) is 12.3 Å². The molecule has 0 radical (unpaired) electrons. The Morgan fingerprint density at radius 3 is 2.50 bits per heavy atom. The third kappa shape index (κ3) is 3.32. The quantitative estimate of drug-likeness (QED) is 0.846. The van der Waals surface area contributed by atoms with Gasteiger partial charge < -0.3 is 10.4 Å². The van der Waals surface area contributed by atoms with Gasteiger partial charge in [-0.15, -0.1) is 0 Å². The van der Waals surface area contributed by atoms with Crippen LogP contribution in [0.1, 0.15) is 10.4 Å². The lowest BCUT2D eigenvalue weighted by molar-refractivity contribution is 0.0699. The van der Waals surface area contributed by atoms with Crippen molar-refractivity contribution < 1.29 is 9.90 Å². The maximum absolute atomic E-state index is 11.0. The van der Waals surface area contributed by atoms with E-state index in [9.17, 15) is 4.79 Å². The number of carbonyl (C=O) groups is 1. The molecule has 0 atom stereocenters. The predicted molar refractivity (Wildman–Crippen MR) is 73.7 cm³/mol. The Hall–Kier alpha value is -1.36. The van der Waals surface area contributed by atoms with E-state index >= 15 is 0 Å². The van der Waals surface area contributed by atoms with E-state index in [4.69, 9.17) is 28.3 Å². The van der Waals surface area contributed by atoms with Crippen molar-refractivity contribution in [3.8, 4) is 0 Å². The number of pyridine rings is 1. The Labute approximate surface area is 115 Å². The number of nitrogens with one attached hydrogen (secondary N) is 1. The van der Waals surface area contributed by atoms with E-state index in [-0.39, 0.29) is 10.6 Å². The van der Waals surface area contributed by atoms with Gasteiger partial charge in [-0.25, -0.2) is 4.79 Å². The summed E-state index contributed by atoms with van der Waals surface area (Å²) in [7, 11) is 3.75. The summed E-state index contributed by atoms with van der Waals surface area (Å²) in [5.41, 5.74) is 0.352. The first kappa shape index (κ1) is 14.7. The molecule has 0 bridgehead atoms. The van der Waals surface area contributed by atoms with Gasteiger partial charge >= 0.3 is 5.97 Å². The number of hydrogen-bond donors (Lipinski definition) is 2. The molecular weight excluding hydrogens is 275 g/mol. The fourth-order valence-corrected chi connectivity index (χ4v) is 1.75. The molecule has 0 amide bonds. The summed E-state index contributed by atoms with van der Waals surface area (Å²) in [4.78, 5) is 14.9. The van der Waals surface area contributed by atoms with Crippen molar-refractivity contribution in [1.82, 2.24) is 10.3 Å². The van der Waals surface area contributed by atoms with Gasteiger partial charge in [0, 0.05) is 11.6 Å². The van der Waals surface area contributed by atoms with E-state index in [1.807, 2.05) is 14.1 Å². The van der Waals surface area contributed by atoms with Crippen LogP contribution in [0.3, 0.4) is 0 Å². The number of benzene rings is 1. The van der Waals surface area contributed by atoms with Crippen LogP contribution < -0.4 is 5.32 Å². The minimum atomic E-state index is -1.10. The standard InChI is InChI=1S/C10H5Cl2NO2.C2H7N/c11-6-3-5-1-2-7(12)8(10(14)15)9(5)13-4-6;1-3-2/h1-4H,(H,14,15);3H,1-2H3. The molecule has 96 valence electrons. The lowest BCUT2D eigenvalue weighted by Crippen LogP contribution is -2.00. The summed E-state index contributed by atoms with van der Waals surface area (Å²) in [5, 5.41) is 13.0. The van der Waals surface area contributed by atoms with Gasteiger partial charge in [0.2, 0.25) is 0 Å². The van der Waals surface area contributed by atoms with E-state index in [0.29, 0.717) is 15.9 Å². The molecule has 1 aromatic heterocycles. The van der Waals surface area contributed by atoms with Crippen molar-refractivity contribution in [1.29, 1.82) is 0 Å². The molecular formula is C12H12Cl2N2O2. The number of fused-ring (bicyclic) bond motifs is 1. The molecule has 2 aromatic rings. The molecule has 0 fully saturated rings. The molecule has 0 spiro atoms. The number of hydrogen-bond acceptors (Lipinski definition) is 3. The second-order valence-electron chi connectivity index (χ2n) is 3.45. The molecule has 0 saturated heterocycles. The normalized spacial score (nSPS) is 9.78. The Bertz CT molecular complexity index is 573. The molecule has 6 heteroatoms. The van der Waals surface area contributed by atoms with Crippen LogP contribution in [-0.2, 0) is 0 Å². The molecule has 0 saturated carbocycles. The lowest BCUT2D eigenvalue weighted by Gasteiger charge is -2.03. The number of carboxylic acids is 1. The van der Waals surface area contributed by atoms with Gasteiger partial charge in [-0.3, -0.25) is 4.98 Å². The smallest absolute Gasteiger partial charge is 0.339 e. The fraction of sp³-hybridized carbons (Fsp3) is 0.167. The number of nitrogens with zero attached hydrogens (tertiary/aromatic N) is 1. The number of aromatic nitrogens is 1. The molecule has 1 heterocycles. The van der Waals surface area contributed by atoms with Crippen molar-refractivity contribution >= 4 is 40.1 Å². The summed E-state index contributed by atoms with van der Waals surface area (Å²) in [6.07, 6.45) is 1.40. The molecule has 2 N–H and O–H groups in total. The zero-order chi connectivity index (χ0) is 13.7. The largest absolute Gasteiger partial charge is 0.478 e. The average Bonchev–Trinajstić information content (AvgIpc) is 2.29. The molecule has 0 aliphatic heterocycles. The minimum Gasteiger partial charge on any atom is -0.478 e. The van der Waals surface area contributed by atoms with Crippen LogP contribution in [0.4, 0.5) is 0 Å². The Balaban J connectivity index is 0.000000492. The van der Waals surface area contributed by atoms with Crippen LogP contribution in [0.5, 0.6) is 0 Å². The second-order valence-corrected chi connectivity index (χ2v) is 4.30. The van der Waals surface area contributed by atoms with Gasteiger partial charge in [-0.2, -0.15) is 0 Å². The van der Waals surface area contributed by atoms with Gasteiger partial charge in [-0.05, 0) is 26.2 Å². The highest BCUT2D eigenvalue weighted by molar-refractivity contribution is 6.35. The molecule has 0 aliphatic carbocycles. The monoisotopic (exact) mass is 286 g/mol. The number of halogens is 2. The van der Waals surface area contributed by atoms with Crippen LogP contribution in [0.2, 0.25) is 10.0 Å². The lowest BCUT2D eigenvalue weighted by atomic mass is 10.1. The van der Waals surface area contributed by atoms with Crippen molar-refractivity contribution in [3.63, 3.8) is 0 Å². The molecule has 0 unspecified atom stereocenters. The third-order valence-electron chi connectivity index (χ3n) is 1.98. The highest BCUT2D eigenvalue weighted by Gasteiger charge is 2.14.